The Balaban J connectivity index is 2.01. The lowest BCUT2D eigenvalue weighted by atomic mass is 9.81. The molecule has 0 radical (unpaired) electrons. The first kappa shape index (κ1) is 19.1. The SMILES string of the molecule is CC1(C)Cc2c(sc(NC(=O)c3ccc([N+](=O)[O-])o3)c2C(N)=O)C(C)(C)N1. The molecule has 3 heterocycles. The number of anilines is 1. The molecule has 0 saturated carbocycles. The van der Waals surface area contributed by atoms with Crippen molar-refractivity contribution < 1.29 is 18.9 Å². The van der Waals surface area contributed by atoms with Gasteiger partial charge in [0, 0.05) is 16.0 Å². The first-order valence-corrected chi connectivity index (χ1v) is 9.04. The maximum atomic E-state index is 12.4. The summed E-state index contributed by atoms with van der Waals surface area (Å²) in [4.78, 5) is 35.5. The zero-order valence-electron chi connectivity index (χ0n) is 15.3. The fourth-order valence-electron chi connectivity index (χ4n) is 3.59. The zero-order valence-corrected chi connectivity index (χ0v) is 16.2. The van der Waals surface area contributed by atoms with Crippen LogP contribution in [0, 0.1) is 10.1 Å². The van der Waals surface area contributed by atoms with Gasteiger partial charge in [0.25, 0.3) is 11.8 Å². The van der Waals surface area contributed by atoms with E-state index in [0.29, 0.717) is 11.4 Å². The summed E-state index contributed by atoms with van der Waals surface area (Å²) >= 11 is 1.26. The molecule has 9 nitrogen and oxygen atoms in total. The molecule has 144 valence electrons. The number of fused-ring (bicyclic) bond motifs is 1. The molecule has 0 unspecified atom stereocenters. The number of carbonyl (C=O) groups is 2. The van der Waals surface area contributed by atoms with Crippen molar-refractivity contribution in [2.75, 3.05) is 5.32 Å². The highest BCUT2D eigenvalue weighted by atomic mass is 32.1. The normalized spacial score (nSPS) is 17.2. The van der Waals surface area contributed by atoms with Crippen molar-refractivity contribution in [3.8, 4) is 0 Å². The third-order valence-corrected chi connectivity index (χ3v) is 5.78. The van der Waals surface area contributed by atoms with Crippen LogP contribution >= 0.6 is 11.3 Å². The standard InChI is InChI=1S/C17H20N4O5S/c1-16(2)7-8-11(13(18)22)15(27-12(8)17(3,4)20-16)19-14(23)9-5-6-10(26-9)21(24)25/h5-6,20H,7H2,1-4H3,(H2,18,22)(H,19,23). The predicted octanol–water partition coefficient (Wildman–Crippen LogP) is 2.76. The highest BCUT2D eigenvalue weighted by Crippen LogP contribution is 2.45. The van der Waals surface area contributed by atoms with E-state index < -0.39 is 28.2 Å². The molecule has 2 aromatic heterocycles. The van der Waals surface area contributed by atoms with Gasteiger partial charge in [-0.05, 0) is 45.7 Å². The van der Waals surface area contributed by atoms with E-state index in [1.54, 1.807) is 0 Å². The van der Waals surface area contributed by atoms with Crippen LogP contribution in [0.5, 0.6) is 0 Å². The summed E-state index contributed by atoms with van der Waals surface area (Å²) in [5.41, 5.74) is 6.00. The molecule has 1 aliphatic heterocycles. The molecule has 10 heteroatoms. The molecule has 0 spiro atoms. The molecule has 3 rings (SSSR count). The minimum atomic E-state index is -0.730. The second kappa shape index (κ2) is 6.17. The number of amides is 2. The van der Waals surface area contributed by atoms with Gasteiger partial charge in [-0.2, -0.15) is 0 Å². The van der Waals surface area contributed by atoms with Crippen LogP contribution in [0.4, 0.5) is 10.9 Å². The molecular formula is C17H20N4O5S. The first-order chi connectivity index (χ1) is 12.4. The highest BCUT2D eigenvalue weighted by Gasteiger charge is 2.41. The van der Waals surface area contributed by atoms with Crippen LogP contribution in [-0.4, -0.2) is 22.3 Å². The fraction of sp³-hybridized carbons (Fsp3) is 0.412. The first-order valence-electron chi connectivity index (χ1n) is 8.22. The van der Waals surface area contributed by atoms with Crippen molar-refractivity contribution in [3.63, 3.8) is 0 Å². The molecular weight excluding hydrogens is 372 g/mol. The molecule has 27 heavy (non-hydrogen) atoms. The van der Waals surface area contributed by atoms with E-state index in [1.165, 1.54) is 17.4 Å². The summed E-state index contributed by atoms with van der Waals surface area (Å²) < 4.78 is 4.92. The van der Waals surface area contributed by atoms with Crippen molar-refractivity contribution in [2.45, 2.75) is 45.2 Å². The Hall–Kier alpha value is -2.72. The molecule has 0 saturated heterocycles. The minimum Gasteiger partial charge on any atom is -0.395 e. The molecule has 0 atom stereocenters. The van der Waals surface area contributed by atoms with Crippen molar-refractivity contribution in [2.24, 2.45) is 5.73 Å². The average molecular weight is 392 g/mol. The van der Waals surface area contributed by atoms with Gasteiger partial charge in [-0.25, -0.2) is 0 Å². The van der Waals surface area contributed by atoms with E-state index in [2.05, 4.69) is 10.6 Å². The predicted molar refractivity (Wildman–Crippen MR) is 100 cm³/mol. The van der Waals surface area contributed by atoms with Gasteiger partial charge in [0.2, 0.25) is 0 Å². The summed E-state index contributed by atoms with van der Waals surface area (Å²) in [6, 6.07) is 2.30. The number of thiophene rings is 1. The van der Waals surface area contributed by atoms with Crippen molar-refractivity contribution >= 4 is 34.0 Å². The zero-order chi connectivity index (χ0) is 20.1. The molecule has 4 N–H and O–H groups in total. The third kappa shape index (κ3) is 3.45. The Morgan fingerprint density at radius 2 is 2.00 bits per heavy atom. The van der Waals surface area contributed by atoms with E-state index in [9.17, 15) is 19.7 Å². The number of nitrogens with zero attached hydrogens (tertiary/aromatic N) is 1. The van der Waals surface area contributed by atoms with Crippen LogP contribution in [0.2, 0.25) is 0 Å². The van der Waals surface area contributed by atoms with Gasteiger partial charge in [-0.3, -0.25) is 19.7 Å². The Bertz CT molecular complexity index is 957. The highest BCUT2D eigenvalue weighted by molar-refractivity contribution is 7.17. The smallest absolute Gasteiger partial charge is 0.395 e. The second-order valence-corrected chi connectivity index (χ2v) is 8.66. The van der Waals surface area contributed by atoms with Gasteiger partial charge in [0.1, 0.15) is 9.92 Å². The number of carbonyl (C=O) groups excluding carboxylic acids is 2. The van der Waals surface area contributed by atoms with Gasteiger partial charge in [0.05, 0.1) is 11.6 Å². The molecule has 0 bridgehead atoms. The van der Waals surface area contributed by atoms with Crippen LogP contribution in [0.25, 0.3) is 0 Å². The monoisotopic (exact) mass is 392 g/mol. The molecule has 0 fully saturated rings. The quantitative estimate of drug-likeness (QED) is 0.540. The number of nitro groups is 1. The maximum Gasteiger partial charge on any atom is 0.433 e. The van der Waals surface area contributed by atoms with Crippen LogP contribution in [0.3, 0.4) is 0 Å². The van der Waals surface area contributed by atoms with Crippen molar-refractivity contribution in [1.29, 1.82) is 0 Å². The van der Waals surface area contributed by atoms with E-state index in [1.807, 2.05) is 27.7 Å². The Morgan fingerprint density at radius 3 is 2.56 bits per heavy atom. The van der Waals surface area contributed by atoms with E-state index in [4.69, 9.17) is 10.2 Å². The van der Waals surface area contributed by atoms with E-state index in [-0.39, 0.29) is 16.9 Å². The van der Waals surface area contributed by atoms with Gasteiger partial charge >= 0.3 is 5.88 Å². The minimum absolute atomic E-state index is 0.221. The van der Waals surface area contributed by atoms with Crippen LogP contribution in [0.1, 0.15) is 59.0 Å². The summed E-state index contributed by atoms with van der Waals surface area (Å²) in [6.45, 7) is 8.05. The van der Waals surface area contributed by atoms with Crippen LogP contribution in [-0.2, 0) is 12.0 Å². The van der Waals surface area contributed by atoms with Gasteiger partial charge in [-0.15, -0.1) is 11.3 Å². The largest absolute Gasteiger partial charge is 0.433 e. The summed E-state index contributed by atoms with van der Waals surface area (Å²) in [6.07, 6.45) is 0.572. The van der Waals surface area contributed by atoms with Crippen LogP contribution < -0.4 is 16.4 Å². The number of nitrogens with one attached hydrogen (secondary N) is 2. The lowest BCUT2D eigenvalue weighted by Gasteiger charge is -2.42. The summed E-state index contributed by atoms with van der Waals surface area (Å²) in [7, 11) is 0. The van der Waals surface area contributed by atoms with Crippen molar-refractivity contribution in [3.05, 3.63) is 44.0 Å². The number of primary amides is 1. The molecule has 2 aromatic rings. The van der Waals surface area contributed by atoms with Crippen molar-refractivity contribution in [1.82, 2.24) is 5.32 Å². The molecule has 0 aliphatic carbocycles. The molecule has 1 aliphatic rings. The topological polar surface area (TPSA) is 140 Å². The van der Waals surface area contributed by atoms with E-state index in [0.717, 1.165) is 16.5 Å². The van der Waals surface area contributed by atoms with Crippen LogP contribution in [0.15, 0.2) is 16.5 Å². The Morgan fingerprint density at radius 1 is 1.33 bits per heavy atom. The van der Waals surface area contributed by atoms with Gasteiger partial charge in [-0.1, -0.05) is 0 Å². The number of hydrogen-bond acceptors (Lipinski definition) is 7. The fourth-order valence-corrected chi connectivity index (χ4v) is 4.87. The lowest BCUT2D eigenvalue weighted by Crippen LogP contribution is -2.55. The molecule has 0 aromatic carbocycles. The average Bonchev–Trinajstić information content (AvgIpc) is 3.10. The maximum absolute atomic E-state index is 12.4. The number of hydrogen-bond donors (Lipinski definition) is 3. The number of furan rings is 1. The molecule has 2 amide bonds. The van der Waals surface area contributed by atoms with E-state index >= 15 is 0 Å². The lowest BCUT2D eigenvalue weighted by molar-refractivity contribution is -0.402. The Kier molecular flexibility index (Phi) is 4.35. The van der Waals surface area contributed by atoms with Gasteiger partial charge in [0.15, 0.2) is 5.76 Å². The number of nitrogens with two attached hydrogens (primary N) is 1. The summed E-state index contributed by atoms with van der Waals surface area (Å²) in [5, 5.41) is 17.2. The number of rotatable bonds is 4. The Labute approximate surface area is 159 Å². The van der Waals surface area contributed by atoms with Gasteiger partial charge < -0.3 is 20.8 Å². The third-order valence-electron chi connectivity index (χ3n) is 4.31. The second-order valence-electron chi connectivity index (χ2n) is 7.64. The summed E-state index contributed by atoms with van der Waals surface area (Å²) in [5.74, 6) is -2.08.